The number of esters is 1. The number of aromatic amines is 1. The van der Waals surface area contributed by atoms with E-state index >= 15 is 0 Å². The van der Waals surface area contributed by atoms with Crippen LogP contribution in [0.15, 0.2) is 42.6 Å². The second-order valence-electron chi connectivity index (χ2n) is 6.20. The summed E-state index contributed by atoms with van der Waals surface area (Å²) in [7, 11) is 1.34. The first-order valence-electron chi connectivity index (χ1n) is 7.54. The second-order valence-corrected chi connectivity index (χ2v) is 6.20. The molecule has 0 spiro atoms. The van der Waals surface area contributed by atoms with E-state index in [-0.39, 0.29) is 18.0 Å². The van der Waals surface area contributed by atoms with E-state index in [1.165, 1.54) is 7.11 Å². The van der Waals surface area contributed by atoms with Crippen LogP contribution in [0.25, 0.3) is 0 Å². The summed E-state index contributed by atoms with van der Waals surface area (Å²) < 4.78 is 10.3. The third-order valence-electron chi connectivity index (χ3n) is 3.89. The fraction of sp³-hybridized carbons (Fsp3) is 0.389. The van der Waals surface area contributed by atoms with Crippen molar-refractivity contribution in [1.82, 2.24) is 4.98 Å². The van der Waals surface area contributed by atoms with Crippen molar-refractivity contribution in [3.63, 3.8) is 0 Å². The summed E-state index contributed by atoms with van der Waals surface area (Å²) in [6, 6.07) is 10.6. The summed E-state index contributed by atoms with van der Waals surface area (Å²) in [5.41, 5.74) is 1.22. The lowest BCUT2D eigenvalue weighted by Gasteiger charge is -2.30. The minimum Gasteiger partial charge on any atom is -0.491 e. The predicted molar refractivity (Wildman–Crippen MR) is 87.6 cm³/mol. The Bertz CT molecular complexity index is 617. The van der Waals surface area contributed by atoms with Gasteiger partial charge in [-0.1, -0.05) is 13.8 Å². The van der Waals surface area contributed by atoms with Crippen LogP contribution in [-0.4, -0.2) is 35.9 Å². The highest BCUT2D eigenvalue weighted by Crippen LogP contribution is 2.26. The molecule has 0 fully saturated rings. The van der Waals surface area contributed by atoms with Crippen LogP contribution in [0, 0.1) is 5.41 Å². The van der Waals surface area contributed by atoms with E-state index in [0.29, 0.717) is 11.3 Å². The molecule has 5 heteroatoms. The quantitative estimate of drug-likeness (QED) is 0.770. The fourth-order valence-corrected chi connectivity index (χ4v) is 2.29. The van der Waals surface area contributed by atoms with Gasteiger partial charge in [-0.05, 0) is 48.2 Å². The van der Waals surface area contributed by atoms with E-state index in [1.54, 1.807) is 24.3 Å². The first-order chi connectivity index (χ1) is 10.9. The molecule has 0 aliphatic rings. The third-order valence-corrected chi connectivity index (χ3v) is 3.89. The van der Waals surface area contributed by atoms with Gasteiger partial charge in [-0.25, -0.2) is 4.79 Å². The second kappa shape index (κ2) is 7.33. The normalized spacial score (nSPS) is 12.7. The minimum atomic E-state index is -0.619. The average Bonchev–Trinajstić information content (AvgIpc) is 3.04. The van der Waals surface area contributed by atoms with Gasteiger partial charge < -0.3 is 19.6 Å². The number of aromatic nitrogens is 1. The van der Waals surface area contributed by atoms with Crippen LogP contribution < -0.4 is 4.74 Å². The van der Waals surface area contributed by atoms with Crippen molar-refractivity contribution in [3.8, 4) is 5.75 Å². The Morgan fingerprint density at radius 2 is 1.96 bits per heavy atom. The number of methoxy groups -OCH3 is 1. The maximum atomic E-state index is 11.4. The molecular weight excluding hydrogens is 294 g/mol. The van der Waals surface area contributed by atoms with Gasteiger partial charge in [-0.15, -0.1) is 0 Å². The molecule has 0 saturated carbocycles. The van der Waals surface area contributed by atoms with E-state index < -0.39 is 6.10 Å². The lowest BCUT2D eigenvalue weighted by molar-refractivity contribution is 0.0114. The molecule has 0 aliphatic heterocycles. The largest absolute Gasteiger partial charge is 0.491 e. The van der Waals surface area contributed by atoms with E-state index in [1.807, 2.05) is 32.2 Å². The Labute approximate surface area is 136 Å². The molecule has 2 N–H and O–H groups in total. The molecule has 124 valence electrons. The Morgan fingerprint density at radius 3 is 2.52 bits per heavy atom. The SMILES string of the molecule is COC(=O)c1ccc(OCC(O)C(C)(C)Cc2ccc[nH]2)cc1. The van der Waals surface area contributed by atoms with Gasteiger partial charge in [-0.2, -0.15) is 0 Å². The summed E-state index contributed by atoms with van der Waals surface area (Å²) in [6.45, 7) is 4.19. The van der Waals surface area contributed by atoms with Gasteiger partial charge in [0.25, 0.3) is 0 Å². The number of carbonyl (C=O) groups excluding carboxylic acids is 1. The van der Waals surface area contributed by atoms with Crippen LogP contribution in [-0.2, 0) is 11.2 Å². The van der Waals surface area contributed by atoms with Crippen LogP contribution in [0.5, 0.6) is 5.75 Å². The Hall–Kier alpha value is -2.27. The van der Waals surface area contributed by atoms with Crippen LogP contribution in [0.2, 0.25) is 0 Å². The molecule has 0 bridgehead atoms. The Kier molecular flexibility index (Phi) is 5.45. The van der Waals surface area contributed by atoms with Crippen LogP contribution in [0.3, 0.4) is 0 Å². The van der Waals surface area contributed by atoms with Crippen molar-refractivity contribution in [2.45, 2.75) is 26.4 Å². The van der Waals surface area contributed by atoms with Crippen molar-refractivity contribution in [2.75, 3.05) is 13.7 Å². The van der Waals surface area contributed by atoms with E-state index in [2.05, 4.69) is 9.72 Å². The van der Waals surface area contributed by atoms with Crippen molar-refractivity contribution < 1.29 is 19.4 Å². The lowest BCUT2D eigenvalue weighted by Crippen LogP contribution is -2.36. The number of aliphatic hydroxyl groups is 1. The summed E-state index contributed by atoms with van der Waals surface area (Å²) in [5.74, 6) is 0.219. The molecule has 0 saturated heterocycles. The molecule has 5 nitrogen and oxygen atoms in total. The Balaban J connectivity index is 1.90. The molecule has 1 unspecified atom stereocenters. The molecule has 1 aromatic heterocycles. The van der Waals surface area contributed by atoms with Gasteiger partial charge in [0.05, 0.1) is 18.8 Å². The summed E-state index contributed by atoms with van der Waals surface area (Å²) in [6.07, 6.45) is 1.98. The average molecular weight is 317 g/mol. The number of H-pyrrole nitrogens is 1. The van der Waals surface area contributed by atoms with Gasteiger partial charge in [-0.3, -0.25) is 0 Å². The van der Waals surface area contributed by atoms with E-state index in [0.717, 1.165) is 12.1 Å². The molecule has 0 amide bonds. The zero-order valence-electron chi connectivity index (χ0n) is 13.7. The first-order valence-corrected chi connectivity index (χ1v) is 7.54. The molecule has 23 heavy (non-hydrogen) atoms. The van der Waals surface area contributed by atoms with Gasteiger partial charge in [0.2, 0.25) is 0 Å². The molecule has 0 aliphatic carbocycles. The smallest absolute Gasteiger partial charge is 0.337 e. The molecule has 1 aromatic carbocycles. The number of hydrogen-bond donors (Lipinski definition) is 2. The number of hydrogen-bond acceptors (Lipinski definition) is 4. The lowest BCUT2D eigenvalue weighted by atomic mass is 9.82. The predicted octanol–water partition coefficient (Wildman–Crippen LogP) is 2.81. The molecule has 2 rings (SSSR count). The van der Waals surface area contributed by atoms with Crippen LogP contribution in [0.1, 0.15) is 29.9 Å². The van der Waals surface area contributed by atoms with E-state index in [4.69, 9.17) is 4.74 Å². The highest BCUT2D eigenvalue weighted by atomic mass is 16.5. The van der Waals surface area contributed by atoms with Crippen molar-refractivity contribution in [2.24, 2.45) is 5.41 Å². The number of ether oxygens (including phenoxy) is 2. The van der Waals surface area contributed by atoms with Crippen molar-refractivity contribution in [3.05, 3.63) is 53.9 Å². The number of carbonyl (C=O) groups is 1. The van der Waals surface area contributed by atoms with Crippen LogP contribution >= 0.6 is 0 Å². The summed E-state index contributed by atoms with van der Waals surface area (Å²) in [5, 5.41) is 10.4. The number of nitrogens with one attached hydrogen (secondary N) is 1. The fourth-order valence-electron chi connectivity index (χ4n) is 2.29. The molecule has 0 radical (unpaired) electrons. The van der Waals surface area contributed by atoms with Gasteiger partial charge >= 0.3 is 5.97 Å². The molecule has 2 aromatic rings. The Morgan fingerprint density at radius 1 is 1.26 bits per heavy atom. The van der Waals surface area contributed by atoms with Crippen molar-refractivity contribution in [1.29, 1.82) is 0 Å². The summed E-state index contributed by atoms with van der Waals surface area (Å²) in [4.78, 5) is 14.5. The molecule has 1 heterocycles. The highest BCUT2D eigenvalue weighted by molar-refractivity contribution is 5.89. The van der Waals surface area contributed by atoms with Crippen molar-refractivity contribution >= 4 is 5.97 Å². The highest BCUT2D eigenvalue weighted by Gasteiger charge is 2.29. The van der Waals surface area contributed by atoms with Gasteiger partial charge in [0, 0.05) is 11.9 Å². The number of rotatable bonds is 7. The third kappa shape index (κ3) is 4.60. The summed E-state index contributed by atoms with van der Waals surface area (Å²) >= 11 is 0. The first kappa shape index (κ1) is 17.1. The van der Waals surface area contributed by atoms with Gasteiger partial charge in [0.15, 0.2) is 0 Å². The standard InChI is InChI=1S/C18H23NO4/c1-18(2,11-14-5-4-10-19-14)16(20)12-23-15-8-6-13(7-9-15)17(21)22-3/h4-10,16,19-20H,11-12H2,1-3H3. The zero-order chi connectivity index (χ0) is 16.9. The van der Waals surface area contributed by atoms with Crippen LogP contribution in [0.4, 0.5) is 0 Å². The number of benzene rings is 1. The maximum Gasteiger partial charge on any atom is 0.337 e. The molecular formula is C18H23NO4. The molecule has 1 atom stereocenters. The topological polar surface area (TPSA) is 71.6 Å². The monoisotopic (exact) mass is 317 g/mol. The minimum absolute atomic E-state index is 0.186. The van der Waals surface area contributed by atoms with Gasteiger partial charge in [0.1, 0.15) is 12.4 Å². The number of aliphatic hydroxyl groups excluding tert-OH is 1. The van der Waals surface area contributed by atoms with E-state index in [9.17, 15) is 9.90 Å². The zero-order valence-corrected chi connectivity index (χ0v) is 13.7. The maximum absolute atomic E-state index is 11.4.